The Hall–Kier alpha value is -3.15. The van der Waals surface area contributed by atoms with Crippen molar-refractivity contribution in [3.05, 3.63) is 60.2 Å². The summed E-state index contributed by atoms with van der Waals surface area (Å²) in [6.45, 7) is 0.559. The Bertz CT molecular complexity index is 801. The Balaban J connectivity index is 1.49. The highest BCUT2D eigenvalue weighted by Crippen LogP contribution is 2.17. The highest BCUT2D eigenvalue weighted by Gasteiger charge is 2.21. The fraction of sp³-hybridized carbons (Fsp3) is 0.250. The van der Waals surface area contributed by atoms with Crippen LogP contribution in [0.2, 0.25) is 0 Å². The van der Waals surface area contributed by atoms with E-state index in [4.69, 9.17) is 4.74 Å². The van der Waals surface area contributed by atoms with Gasteiger partial charge in [-0.05, 0) is 29.8 Å². The second-order valence-corrected chi connectivity index (χ2v) is 5.96. The lowest BCUT2D eigenvalue weighted by molar-refractivity contribution is -0.132. The van der Waals surface area contributed by atoms with E-state index in [9.17, 15) is 9.59 Å². The number of ether oxygens (including phenoxy) is 1. The molecule has 1 aliphatic heterocycles. The van der Waals surface area contributed by atoms with E-state index in [1.807, 2.05) is 30.3 Å². The topological polar surface area (TPSA) is 71.0 Å². The zero-order chi connectivity index (χ0) is 18.4. The zero-order valence-electron chi connectivity index (χ0n) is 14.6. The smallest absolute Gasteiger partial charge is 0.243 e. The summed E-state index contributed by atoms with van der Waals surface area (Å²) in [7, 11) is 1.59. The van der Waals surface area contributed by atoms with Gasteiger partial charge in [-0.2, -0.15) is 5.10 Å². The van der Waals surface area contributed by atoms with Crippen molar-refractivity contribution in [3.8, 4) is 5.75 Å². The Morgan fingerprint density at radius 2 is 1.81 bits per heavy atom. The molecule has 0 saturated heterocycles. The van der Waals surface area contributed by atoms with Gasteiger partial charge in [0.05, 0.1) is 19.4 Å². The van der Waals surface area contributed by atoms with E-state index in [0.717, 1.165) is 23.4 Å². The molecule has 0 radical (unpaired) electrons. The van der Waals surface area contributed by atoms with Crippen LogP contribution in [0.15, 0.2) is 59.7 Å². The average Bonchev–Trinajstić information content (AvgIpc) is 3.18. The molecule has 2 amide bonds. The molecule has 134 valence electrons. The van der Waals surface area contributed by atoms with Gasteiger partial charge in [0.1, 0.15) is 5.75 Å². The minimum absolute atomic E-state index is 0.123. The molecule has 1 N–H and O–H groups in total. The van der Waals surface area contributed by atoms with Crippen molar-refractivity contribution in [2.75, 3.05) is 19.0 Å². The summed E-state index contributed by atoms with van der Waals surface area (Å²) in [5.74, 6) is 0.384. The minimum Gasteiger partial charge on any atom is -0.497 e. The van der Waals surface area contributed by atoms with Crippen LogP contribution < -0.4 is 10.1 Å². The average molecular weight is 351 g/mol. The third-order valence-corrected chi connectivity index (χ3v) is 4.14. The SMILES string of the molecule is COc1ccc(NC(=O)CCC(=O)N2CCC(c3ccccc3)=N2)cc1. The fourth-order valence-corrected chi connectivity index (χ4v) is 2.72. The third kappa shape index (κ3) is 4.47. The van der Waals surface area contributed by atoms with Gasteiger partial charge in [-0.25, -0.2) is 5.01 Å². The summed E-state index contributed by atoms with van der Waals surface area (Å²) in [6, 6.07) is 16.9. The number of anilines is 1. The van der Waals surface area contributed by atoms with Gasteiger partial charge in [-0.1, -0.05) is 30.3 Å². The summed E-state index contributed by atoms with van der Waals surface area (Å²) < 4.78 is 5.08. The Labute approximate surface area is 152 Å². The number of nitrogens with one attached hydrogen (secondary N) is 1. The number of hydrazone groups is 1. The van der Waals surface area contributed by atoms with Crippen LogP contribution in [0.1, 0.15) is 24.8 Å². The maximum Gasteiger partial charge on any atom is 0.243 e. The molecule has 0 atom stereocenters. The normalized spacial score (nSPS) is 13.3. The van der Waals surface area contributed by atoms with Crippen LogP contribution in [0.3, 0.4) is 0 Å². The Morgan fingerprint density at radius 1 is 1.08 bits per heavy atom. The number of carbonyl (C=O) groups excluding carboxylic acids is 2. The summed E-state index contributed by atoms with van der Waals surface area (Å²) in [5, 5.41) is 8.63. The lowest BCUT2D eigenvalue weighted by atomic mass is 10.1. The number of amides is 2. The van der Waals surface area contributed by atoms with E-state index in [2.05, 4.69) is 10.4 Å². The molecule has 6 heteroatoms. The number of hydrogen-bond donors (Lipinski definition) is 1. The number of nitrogens with zero attached hydrogens (tertiary/aromatic N) is 2. The van der Waals surface area contributed by atoms with Gasteiger partial charge in [0.15, 0.2) is 0 Å². The summed E-state index contributed by atoms with van der Waals surface area (Å²) in [5.41, 5.74) is 2.61. The van der Waals surface area contributed by atoms with Crippen molar-refractivity contribution in [2.24, 2.45) is 5.10 Å². The molecule has 3 rings (SSSR count). The monoisotopic (exact) mass is 351 g/mol. The van der Waals surface area contributed by atoms with Crippen LogP contribution in [0.25, 0.3) is 0 Å². The quantitative estimate of drug-likeness (QED) is 0.869. The molecule has 0 saturated carbocycles. The van der Waals surface area contributed by atoms with E-state index in [1.54, 1.807) is 31.4 Å². The summed E-state index contributed by atoms with van der Waals surface area (Å²) in [6.07, 6.45) is 0.985. The van der Waals surface area contributed by atoms with Crippen LogP contribution in [0.5, 0.6) is 5.75 Å². The standard InChI is InChI=1S/C20H21N3O3/c1-26-17-9-7-16(8-10-17)21-19(24)11-12-20(25)23-14-13-18(22-23)15-5-3-2-4-6-15/h2-10H,11-14H2,1H3,(H,21,24). The number of benzene rings is 2. The molecule has 0 bridgehead atoms. The second-order valence-electron chi connectivity index (χ2n) is 5.96. The molecule has 1 heterocycles. The van der Waals surface area contributed by atoms with Gasteiger partial charge in [0, 0.05) is 24.9 Å². The first-order valence-electron chi connectivity index (χ1n) is 8.53. The van der Waals surface area contributed by atoms with E-state index >= 15 is 0 Å². The van der Waals surface area contributed by atoms with E-state index in [1.165, 1.54) is 5.01 Å². The molecule has 2 aromatic rings. The predicted molar refractivity (Wildman–Crippen MR) is 100 cm³/mol. The first kappa shape index (κ1) is 17.7. The lowest BCUT2D eigenvalue weighted by Crippen LogP contribution is -2.24. The molecular formula is C20H21N3O3. The van der Waals surface area contributed by atoms with Crippen molar-refractivity contribution < 1.29 is 14.3 Å². The molecule has 0 unspecified atom stereocenters. The van der Waals surface area contributed by atoms with E-state index < -0.39 is 0 Å². The maximum absolute atomic E-state index is 12.3. The highest BCUT2D eigenvalue weighted by atomic mass is 16.5. The fourth-order valence-electron chi connectivity index (χ4n) is 2.72. The van der Waals surface area contributed by atoms with Gasteiger partial charge in [0.2, 0.25) is 11.8 Å². The Kier molecular flexibility index (Phi) is 5.63. The van der Waals surface area contributed by atoms with Crippen molar-refractivity contribution in [3.63, 3.8) is 0 Å². The zero-order valence-corrected chi connectivity index (χ0v) is 14.6. The van der Waals surface area contributed by atoms with Crippen LogP contribution in [0.4, 0.5) is 5.69 Å². The van der Waals surface area contributed by atoms with Crippen molar-refractivity contribution in [2.45, 2.75) is 19.3 Å². The Morgan fingerprint density at radius 3 is 2.50 bits per heavy atom. The van der Waals surface area contributed by atoms with Crippen molar-refractivity contribution in [1.82, 2.24) is 5.01 Å². The van der Waals surface area contributed by atoms with Gasteiger partial charge in [0.25, 0.3) is 0 Å². The van der Waals surface area contributed by atoms with Crippen LogP contribution in [0, 0.1) is 0 Å². The number of hydrogen-bond acceptors (Lipinski definition) is 4. The number of carbonyl (C=O) groups is 2. The molecule has 0 fully saturated rings. The molecule has 0 spiro atoms. The first-order chi connectivity index (χ1) is 12.7. The van der Waals surface area contributed by atoms with Crippen LogP contribution >= 0.6 is 0 Å². The molecule has 0 aromatic heterocycles. The second kappa shape index (κ2) is 8.29. The molecule has 26 heavy (non-hydrogen) atoms. The van der Waals surface area contributed by atoms with Gasteiger partial charge in [-0.3, -0.25) is 9.59 Å². The van der Waals surface area contributed by atoms with Gasteiger partial charge >= 0.3 is 0 Å². The first-order valence-corrected chi connectivity index (χ1v) is 8.53. The molecule has 2 aromatic carbocycles. The highest BCUT2D eigenvalue weighted by molar-refractivity contribution is 6.02. The lowest BCUT2D eigenvalue weighted by Gasteiger charge is -2.11. The van der Waals surface area contributed by atoms with E-state index in [0.29, 0.717) is 12.2 Å². The van der Waals surface area contributed by atoms with Crippen LogP contribution in [-0.4, -0.2) is 36.2 Å². The number of methoxy groups -OCH3 is 1. The molecule has 6 nitrogen and oxygen atoms in total. The van der Waals surface area contributed by atoms with E-state index in [-0.39, 0.29) is 24.7 Å². The van der Waals surface area contributed by atoms with Crippen LogP contribution in [-0.2, 0) is 9.59 Å². The van der Waals surface area contributed by atoms with Crippen molar-refractivity contribution >= 4 is 23.2 Å². The molecule has 1 aliphatic rings. The largest absolute Gasteiger partial charge is 0.497 e. The molecule has 0 aliphatic carbocycles. The minimum atomic E-state index is -0.199. The molecular weight excluding hydrogens is 330 g/mol. The van der Waals surface area contributed by atoms with Gasteiger partial charge < -0.3 is 10.1 Å². The van der Waals surface area contributed by atoms with Gasteiger partial charge in [-0.15, -0.1) is 0 Å². The van der Waals surface area contributed by atoms with Crippen molar-refractivity contribution in [1.29, 1.82) is 0 Å². The predicted octanol–water partition coefficient (Wildman–Crippen LogP) is 3.05. The summed E-state index contributed by atoms with van der Waals surface area (Å²) in [4.78, 5) is 24.3. The third-order valence-electron chi connectivity index (χ3n) is 4.14. The number of rotatable bonds is 6. The maximum atomic E-state index is 12.3. The summed E-state index contributed by atoms with van der Waals surface area (Å²) >= 11 is 0.